The van der Waals surface area contributed by atoms with Crippen molar-refractivity contribution in [1.82, 2.24) is 0 Å². The Morgan fingerprint density at radius 3 is 2.00 bits per heavy atom. The van der Waals surface area contributed by atoms with Crippen molar-refractivity contribution >= 4 is 0 Å². The molecule has 0 heterocycles. The molecule has 3 heteroatoms. The highest BCUT2D eigenvalue weighted by Crippen LogP contribution is 1.91. The molecule has 2 atom stereocenters. The summed E-state index contributed by atoms with van der Waals surface area (Å²) in [7, 11) is 1.49. The average molecular weight is 119 g/mol. The second-order valence-corrected chi connectivity index (χ2v) is 1.51. The maximum Gasteiger partial charge on any atom is 0.152 e. The normalized spacial score (nSPS) is 18.0. The van der Waals surface area contributed by atoms with Crippen LogP contribution in [0.1, 0.15) is 13.8 Å². The minimum Gasteiger partial charge on any atom is -0.831 e. The Bertz CT molecular complexity index is 53.6. The van der Waals surface area contributed by atoms with Gasteiger partial charge in [-0.15, -0.1) is 0 Å². The zero-order chi connectivity index (χ0) is 6.57. The zero-order valence-electron chi connectivity index (χ0n) is 5.38. The standard InChI is InChI=1S/C5H11O3/c1-4(6)8-5(2)7-3/h4-5H,1-3H3/q-1. The minimum atomic E-state index is -0.995. The van der Waals surface area contributed by atoms with Crippen LogP contribution in [0.15, 0.2) is 0 Å². The van der Waals surface area contributed by atoms with Crippen molar-refractivity contribution in [3.8, 4) is 0 Å². The first-order valence-corrected chi connectivity index (χ1v) is 2.51. The quantitative estimate of drug-likeness (QED) is 0.479. The van der Waals surface area contributed by atoms with E-state index in [2.05, 4.69) is 9.47 Å². The summed E-state index contributed by atoms with van der Waals surface area (Å²) in [4.78, 5) is 0. The van der Waals surface area contributed by atoms with Crippen LogP contribution < -0.4 is 5.11 Å². The van der Waals surface area contributed by atoms with Crippen molar-refractivity contribution in [2.75, 3.05) is 7.11 Å². The van der Waals surface area contributed by atoms with Crippen molar-refractivity contribution in [2.24, 2.45) is 0 Å². The fraction of sp³-hybridized carbons (Fsp3) is 1.00. The molecule has 0 fully saturated rings. The SMILES string of the molecule is COC(C)OC(C)[O-]. The van der Waals surface area contributed by atoms with E-state index in [1.165, 1.54) is 14.0 Å². The van der Waals surface area contributed by atoms with Crippen LogP contribution in [-0.2, 0) is 9.47 Å². The zero-order valence-corrected chi connectivity index (χ0v) is 5.38. The number of methoxy groups -OCH3 is 1. The molecule has 0 aromatic rings. The maximum atomic E-state index is 10.2. The Labute approximate surface area is 49.2 Å². The third kappa shape index (κ3) is 4.05. The van der Waals surface area contributed by atoms with E-state index >= 15 is 0 Å². The van der Waals surface area contributed by atoms with Gasteiger partial charge >= 0.3 is 0 Å². The highest BCUT2D eigenvalue weighted by Gasteiger charge is 1.95. The van der Waals surface area contributed by atoms with Gasteiger partial charge in [0.1, 0.15) is 0 Å². The van der Waals surface area contributed by atoms with Crippen LogP contribution in [0, 0.1) is 0 Å². The summed E-state index contributed by atoms with van der Waals surface area (Å²) >= 11 is 0. The lowest BCUT2D eigenvalue weighted by atomic mass is 10.7. The Hall–Kier alpha value is -0.120. The number of hydrogen-bond donors (Lipinski definition) is 0. The van der Waals surface area contributed by atoms with Crippen LogP contribution in [0.2, 0.25) is 0 Å². The molecule has 0 rings (SSSR count). The molecule has 3 nitrogen and oxygen atoms in total. The van der Waals surface area contributed by atoms with E-state index in [-0.39, 0.29) is 6.29 Å². The molecule has 0 spiro atoms. The van der Waals surface area contributed by atoms with Crippen molar-refractivity contribution < 1.29 is 14.6 Å². The van der Waals surface area contributed by atoms with Crippen molar-refractivity contribution in [3.63, 3.8) is 0 Å². The van der Waals surface area contributed by atoms with E-state index in [0.29, 0.717) is 0 Å². The van der Waals surface area contributed by atoms with Crippen LogP contribution in [-0.4, -0.2) is 19.7 Å². The van der Waals surface area contributed by atoms with Crippen molar-refractivity contribution in [2.45, 2.75) is 26.4 Å². The largest absolute Gasteiger partial charge is 0.831 e. The van der Waals surface area contributed by atoms with Gasteiger partial charge in [0.25, 0.3) is 0 Å². The van der Waals surface area contributed by atoms with E-state index < -0.39 is 6.29 Å². The minimum absolute atomic E-state index is 0.387. The Morgan fingerprint density at radius 2 is 1.88 bits per heavy atom. The molecule has 0 aromatic carbocycles. The Balaban J connectivity index is 3.10. The van der Waals surface area contributed by atoms with E-state index in [0.717, 1.165) is 0 Å². The van der Waals surface area contributed by atoms with Crippen molar-refractivity contribution in [3.05, 3.63) is 0 Å². The Kier molecular flexibility index (Phi) is 3.77. The van der Waals surface area contributed by atoms with E-state index in [1.807, 2.05) is 0 Å². The van der Waals surface area contributed by atoms with Gasteiger partial charge < -0.3 is 14.6 Å². The van der Waals surface area contributed by atoms with Gasteiger partial charge in [0.15, 0.2) is 6.29 Å². The summed E-state index contributed by atoms with van der Waals surface area (Å²) in [5, 5.41) is 10.2. The van der Waals surface area contributed by atoms with Crippen LogP contribution >= 0.6 is 0 Å². The van der Waals surface area contributed by atoms with Gasteiger partial charge in [0.2, 0.25) is 0 Å². The maximum absolute atomic E-state index is 10.2. The predicted octanol–water partition coefficient (Wildman–Crippen LogP) is -0.298. The summed E-state index contributed by atoms with van der Waals surface area (Å²) in [6.07, 6.45) is -1.38. The highest BCUT2D eigenvalue weighted by molar-refractivity contribution is 4.26. The van der Waals surface area contributed by atoms with Crippen LogP contribution in [0.25, 0.3) is 0 Å². The van der Waals surface area contributed by atoms with Gasteiger partial charge in [0, 0.05) is 7.11 Å². The van der Waals surface area contributed by atoms with E-state index in [4.69, 9.17) is 0 Å². The molecule has 0 aliphatic carbocycles. The van der Waals surface area contributed by atoms with Crippen LogP contribution in [0.5, 0.6) is 0 Å². The molecule has 0 N–H and O–H groups in total. The van der Waals surface area contributed by atoms with Crippen molar-refractivity contribution in [1.29, 1.82) is 0 Å². The fourth-order valence-electron chi connectivity index (χ4n) is 0.325. The molecule has 0 amide bonds. The van der Waals surface area contributed by atoms with Gasteiger partial charge in [-0.25, -0.2) is 0 Å². The molecule has 50 valence electrons. The first-order valence-electron chi connectivity index (χ1n) is 2.51. The third-order valence-electron chi connectivity index (χ3n) is 0.715. The summed E-state index contributed by atoms with van der Waals surface area (Å²) in [5.41, 5.74) is 0. The predicted molar refractivity (Wildman–Crippen MR) is 27.0 cm³/mol. The van der Waals surface area contributed by atoms with Crippen LogP contribution in [0.4, 0.5) is 0 Å². The average Bonchev–Trinajstić information content (AvgIpc) is 1.65. The van der Waals surface area contributed by atoms with Gasteiger partial charge in [-0.1, -0.05) is 6.92 Å². The second-order valence-electron chi connectivity index (χ2n) is 1.51. The number of rotatable bonds is 3. The third-order valence-corrected chi connectivity index (χ3v) is 0.715. The summed E-state index contributed by atoms with van der Waals surface area (Å²) in [6, 6.07) is 0. The Morgan fingerprint density at radius 1 is 1.38 bits per heavy atom. The smallest absolute Gasteiger partial charge is 0.152 e. The van der Waals surface area contributed by atoms with Gasteiger partial charge in [-0.3, -0.25) is 0 Å². The molecule has 8 heavy (non-hydrogen) atoms. The van der Waals surface area contributed by atoms with Gasteiger partial charge in [-0.2, -0.15) is 0 Å². The second kappa shape index (κ2) is 3.83. The molecule has 0 aliphatic rings. The molecule has 0 aliphatic heterocycles. The lowest BCUT2D eigenvalue weighted by Gasteiger charge is -2.21. The topological polar surface area (TPSA) is 41.5 Å². The molecular formula is C5H11O3-. The lowest BCUT2D eigenvalue weighted by Crippen LogP contribution is -2.29. The highest BCUT2D eigenvalue weighted by atomic mass is 16.7. The van der Waals surface area contributed by atoms with Gasteiger partial charge in [0.05, 0.1) is 0 Å². The molecule has 0 aromatic heterocycles. The summed E-state index contributed by atoms with van der Waals surface area (Å²) < 4.78 is 9.26. The first-order chi connectivity index (χ1) is 3.66. The lowest BCUT2D eigenvalue weighted by molar-refractivity contribution is -0.499. The molecule has 0 saturated heterocycles. The van der Waals surface area contributed by atoms with Crippen LogP contribution in [0.3, 0.4) is 0 Å². The van der Waals surface area contributed by atoms with E-state index in [9.17, 15) is 5.11 Å². The fourth-order valence-corrected chi connectivity index (χ4v) is 0.325. The summed E-state index contributed by atoms with van der Waals surface area (Å²) in [6.45, 7) is 3.10. The molecule has 0 saturated carbocycles. The summed E-state index contributed by atoms with van der Waals surface area (Å²) in [5.74, 6) is 0. The van der Waals surface area contributed by atoms with E-state index in [1.54, 1.807) is 6.92 Å². The first kappa shape index (κ1) is 7.88. The molecule has 2 unspecified atom stereocenters. The molecular weight excluding hydrogens is 108 g/mol. The van der Waals surface area contributed by atoms with Gasteiger partial charge in [-0.05, 0) is 13.2 Å². The number of hydrogen-bond acceptors (Lipinski definition) is 3. The number of ether oxygens (including phenoxy) is 2. The molecule has 0 radical (unpaired) electrons. The molecule has 0 bridgehead atoms. The monoisotopic (exact) mass is 119 g/mol.